The Labute approximate surface area is 457 Å². The molecule has 0 aromatic rings. The molecule has 0 aliphatic rings. The molecule has 0 aromatic carbocycles. The molecule has 0 rings (SSSR count). The summed E-state index contributed by atoms with van der Waals surface area (Å²) < 4.78 is 34.6. The van der Waals surface area contributed by atoms with Crippen molar-refractivity contribution in [1.29, 1.82) is 0 Å². The summed E-state index contributed by atoms with van der Waals surface area (Å²) in [6.07, 6.45) is 72.6. The lowest BCUT2D eigenvalue weighted by molar-refractivity contribution is -0.870. The Morgan fingerprint density at radius 1 is 0.432 bits per heavy atom. The predicted octanol–water partition coefficient (Wildman–Crippen LogP) is 19.3. The molecule has 9 nitrogen and oxygen atoms in total. The number of carbonyl (C=O) groups excluding carboxylic acids is 2. The van der Waals surface area contributed by atoms with Crippen molar-refractivity contribution < 1.29 is 42.1 Å². The third-order valence-electron chi connectivity index (χ3n) is 13.3. The van der Waals surface area contributed by atoms with Crippen molar-refractivity contribution in [2.24, 2.45) is 0 Å². The molecule has 1 N–H and O–H groups in total. The SMILES string of the molecule is CC/C=C\C/C=C\C/C=C\C/C=C\C/C=C\C/C=C\CCCCCCCCCCCCCCC(=O)OC(COC(=O)CCCCCCCCCCCCCCCCCCCCC)COP(=O)(O)OCC[N+](C)(C)C. The number of nitrogens with zero attached hydrogens (tertiary/aromatic N) is 1. The zero-order chi connectivity index (χ0) is 54.2. The summed E-state index contributed by atoms with van der Waals surface area (Å²) in [6.45, 7) is 4.35. The number of hydrogen-bond donors (Lipinski definition) is 1. The van der Waals surface area contributed by atoms with Gasteiger partial charge in [0.1, 0.15) is 19.8 Å². The summed E-state index contributed by atoms with van der Waals surface area (Å²) in [4.78, 5) is 35.7. The highest BCUT2D eigenvalue weighted by Crippen LogP contribution is 2.43. The van der Waals surface area contributed by atoms with Crippen LogP contribution in [0, 0.1) is 0 Å². The third-order valence-corrected chi connectivity index (χ3v) is 14.2. The van der Waals surface area contributed by atoms with Gasteiger partial charge >= 0.3 is 19.8 Å². The highest BCUT2D eigenvalue weighted by molar-refractivity contribution is 7.47. The van der Waals surface area contributed by atoms with Crippen molar-refractivity contribution in [2.75, 3.05) is 47.5 Å². The second-order valence-electron chi connectivity index (χ2n) is 21.7. The van der Waals surface area contributed by atoms with Gasteiger partial charge in [-0.25, -0.2) is 4.57 Å². The normalized spacial score (nSPS) is 13.8. The van der Waals surface area contributed by atoms with Crippen LogP contribution in [0.3, 0.4) is 0 Å². The Hall–Kier alpha value is -2.55. The first-order valence-corrected chi connectivity index (χ1v) is 32.2. The monoisotopic (exact) mass is 1060 g/mol. The molecule has 0 fully saturated rings. The minimum absolute atomic E-state index is 0.0308. The first-order chi connectivity index (χ1) is 36.0. The number of phosphoric ester groups is 1. The van der Waals surface area contributed by atoms with Gasteiger partial charge in [0, 0.05) is 12.8 Å². The van der Waals surface area contributed by atoms with E-state index in [0.29, 0.717) is 23.9 Å². The zero-order valence-electron chi connectivity index (χ0n) is 48.8. The smallest absolute Gasteiger partial charge is 0.462 e. The quantitative estimate of drug-likeness (QED) is 0.0211. The third kappa shape index (κ3) is 58.7. The molecule has 0 aliphatic heterocycles. The maximum atomic E-state index is 12.8. The van der Waals surface area contributed by atoms with Crippen molar-refractivity contribution in [3.63, 3.8) is 0 Å². The lowest BCUT2D eigenvalue weighted by Crippen LogP contribution is -2.37. The first-order valence-electron chi connectivity index (χ1n) is 30.7. The fourth-order valence-electron chi connectivity index (χ4n) is 8.55. The van der Waals surface area contributed by atoms with Crippen LogP contribution in [0.1, 0.15) is 271 Å². The Morgan fingerprint density at radius 2 is 0.770 bits per heavy atom. The van der Waals surface area contributed by atoms with Gasteiger partial charge < -0.3 is 18.9 Å². The Balaban J connectivity index is 4.11. The van der Waals surface area contributed by atoms with E-state index in [2.05, 4.69) is 86.8 Å². The molecule has 2 atom stereocenters. The molecule has 0 saturated heterocycles. The van der Waals surface area contributed by atoms with E-state index in [1.54, 1.807) is 0 Å². The first kappa shape index (κ1) is 71.5. The number of unbranched alkanes of at least 4 members (excludes halogenated alkanes) is 30. The van der Waals surface area contributed by atoms with Crippen molar-refractivity contribution in [3.8, 4) is 0 Å². The number of phosphoric acid groups is 1. The number of hydrogen-bond acceptors (Lipinski definition) is 7. The van der Waals surface area contributed by atoms with E-state index in [1.165, 1.54) is 161 Å². The van der Waals surface area contributed by atoms with Crippen molar-refractivity contribution in [1.82, 2.24) is 0 Å². The molecule has 0 bridgehead atoms. The number of allylic oxidation sites excluding steroid dienone is 12. The van der Waals surface area contributed by atoms with Gasteiger partial charge in [-0.1, -0.05) is 267 Å². The number of esters is 2. The van der Waals surface area contributed by atoms with Gasteiger partial charge in [0.25, 0.3) is 0 Å². The van der Waals surface area contributed by atoms with Crippen LogP contribution >= 0.6 is 7.82 Å². The van der Waals surface area contributed by atoms with Crippen LogP contribution in [0.4, 0.5) is 0 Å². The molecular formula is C64H117NO8P+. The topological polar surface area (TPSA) is 108 Å². The van der Waals surface area contributed by atoms with E-state index < -0.39 is 26.5 Å². The summed E-state index contributed by atoms with van der Waals surface area (Å²) in [5.74, 6) is -0.790. The average Bonchev–Trinajstić information content (AvgIpc) is 3.36. The zero-order valence-corrected chi connectivity index (χ0v) is 49.7. The van der Waals surface area contributed by atoms with Gasteiger partial charge in [0.15, 0.2) is 6.10 Å². The van der Waals surface area contributed by atoms with Gasteiger partial charge in [-0.2, -0.15) is 0 Å². The molecule has 0 aromatic heterocycles. The maximum absolute atomic E-state index is 12.8. The molecule has 430 valence electrons. The van der Waals surface area contributed by atoms with Crippen LogP contribution in [0.5, 0.6) is 0 Å². The average molecular weight is 1060 g/mol. The molecule has 0 heterocycles. The standard InChI is InChI=1S/C64H116NO8P/c1-6-8-10-12-14-16-18-20-22-24-26-27-28-29-30-31-32-33-34-35-36-37-39-41-43-45-47-49-51-53-55-57-64(67)73-62(61-72-74(68,69)71-59-58-65(3,4)5)60-70-63(66)56-54-52-50-48-46-44-42-40-38-25-23-21-19-17-15-13-11-9-7-2/h8,10,14,16,20,22,26-27,29-30,32-33,62H,6-7,9,11-13,15,17-19,21,23-25,28,31,34-61H2,1-5H3/p+1/b10-8-,16-14-,22-20-,27-26-,30-29-,33-32-. The molecule has 0 radical (unpaired) electrons. The maximum Gasteiger partial charge on any atom is 0.472 e. The summed E-state index contributed by atoms with van der Waals surface area (Å²) in [5.41, 5.74) is 0. The van der Waals surface area contributed by atoms with Gasteiger partial charge in [-0.15, -0.1) is 0 Å². The molecule has 0 amide bonds. The van der Waals surface area contributed by atoms with Crippen LogP contribution in [-0.2, 0) is 32.7 Å². The molecule has 10 heteroatoms. The van der Waals surface area contributed by atoms with Crippen LogP contribution < -0.4 is 0 Å². The molecule has 0 spiro atoms. The van der Waals surface area contributed by atoms with Gasteiger partial charge in [-0.05, 0) is 64.2 Å². The van der Waals surface area contributed by atoms with E-state index in [-0.39, 0.29) is 25.6 Å². The van der Waals surface area contributed by atoms with Crippen LogP contribution in [0.25, 0.3) is 0 Å². The van der Waals surface area contributed by atoms with Crippen molar-refractivity contribution >= 4 is 19.8 Å². The number of quaternary nitrogens is 1. The highest BCUT2D eigenvalue weighted by atomic mass is 31.2. The second-order valence-corrected chi connectivity index (χ2v) is 23.2. The summed E-state index contributed by atoms with van der Waals surface area (Å²) >= 11 is 0. The fourth-order valence-corrected chi connectivity index (χ4v) is 9.29. The second kappa shape index (κ2) is 55.2. The minimum Gasteiger partial charge on any atom is -0.462 e. The number of likely N-dealkylation sites (N-methyl/N-ethyl adjacent to an activating group) is 1. The fraction of sp³-hybridized carbons (Fsp3) is 0.781. The van der Waals surface area contributed by atoms with Gasteiger partial charge in [-0.3, -0.25) is 18.6 Å². The van der Waals surface area contributed by atoms with E-state index in [4.69, 9.17) is 18.5 Å². The molecule has 0 saturated carbocycles. The van der Waals surface area contributed by atoms with Crippen molar-refractivity contribution in [3.05, 3.63) is 72.9 Å². The number of carbonyl (C=O) groups is 2. The van der Waals surface area contributed by atoms with E-state index in [9.17, 15) is 19.0 Å². The number of ether oxygens (including phenoxy) is 2. The molecular weight excluding hydrogens is 942 g/mol. The van der Waals surface area contributed by atoms with Gasteiger partial charge in [0.2, 0.25) is 0 Å². The molecule has 0 aliphatic carbocycles. The van der Waals surface area contributed by atoms with Crippen LogP contribution in [0.15, 0.2) is 72.9 Å². The molecule has 74 heavy (non-hydrogen) atoms. The lowest BCUT2D eigenvalue weighted by Gasteiger charge is -2.24. The number of rotatable bonds is 56. The van der Waals surface area contributed by atoms with Crippen LogP contribution in [0.2, 0.25) is 0 Å². The summed E-state index contributed by atoms with van der Waals surface area (Å²) in [6, 6.07) is 0. The van der Waals surface area contributed by atoms with E-state index >= 15 is 0 Å². The Kier molecular flexibility index (Phi) is 53.3. The van der Waals surface area contributed by atoms with E-state index in [1.807, 2.05) is 21.1 Å². The minimum atomic E-state index is -4.39. The Bertz CT molecular complexity index is 1480. The largest absolute Gasteiger partial charge is 0.472 e. The molecule has 2 unspecified atom stereocenters. The highest BCUT2D eigenvalue weighted by Gasteiger charge is 2.27. The Morgan fingerprint density at radius 3 is 1.15 bits per heavy atom. The van der Waals surface area contributed by atoms with Crippen LogP contribution in [-0.4, -0.2) is 74.9 Å². The summed E-state index contributed by atoms with van der Waals surface area (Å²) in [7, 11) is 1.48. The lowest BCUT2D eigenvalue weighted by atomic mass is 10.0. The summed E-state index contributed by atoms with van der Waals surface area (Å²) in [5, 5.41) is 0. The van der Waals surface area contributed by atoms with Gasteiger partial charge in [0.05, 0.1) is 27.7 Å². The predicted molar refractivity (Wildman–Crippen MR) is 316 cm³/mol. The van der Waals surface area contributed by atoms with E-state index in [0.717, 1.165) is 77.0 Å². The van der Waals surface area contributed by atoms with Crippen molar-refractivity contribution in [2.45, 2.75) is 277 Å².